The highest BCUT2D eigenvalue weighted by Gasteiger charge is 2.11. The van der Waals surface area contributed by atoms with Crippen LogP contribution in [0, 0.1) is 13.8 Å². The molecule has 0 aliphatic heterocycles. The van der Waals surface area contributed by atoms with Gasteiger partial charge in [0, 0.05) is 24.5 Å². The number of carbonyl (C=O) groups excluding carboxylic acids is 1. The van der Waals surface area contributed by atoms with Crippen LogP contribution in [0.2, 0.25) is 5.02 Å². The summed E-state index contributed by atoms with van der Waals surface area (Å²) in [5.41, 5.74) is 4.31. The Morgan fingerprint density at radius 3 is 2.61 bits per heavy atom. The number of unbranched alkanes of at least 4 members (excludes halogenated alkanes) is 3. The van der Waals surface area contributed by atoms with Gasteiger partial charge in [-0.15, -0.1) is 0 Å². The summed E-state index contributed by atoms with van der Waals surface area (Å²) < 4.78 is 13.5. The van der Waals surface area contributed by atoms with E-state index in [0.717, 1.165) is 78.3 Å². The van der Waals surface area contributed by atoms with Crippen molar-refractivity contribution in [3.05, 3.63) is 82.5 Å². The lowest BCUT2D eigenvalue weighted by Crippen LogP contribution is -2.23. The van der Waals surface area contributed by atoms with Gasteiger partial charge < -0.3 is 19.0 Å². The topological polar surface area (TPSA) is 69.3 Å². The fourth-order valence-corrected chi connectivity index (χ4v) is 4.51. The third-order valence-corrected chi connectivity index (χ3v) is 6.89. The van der Waals surface area contributed by atoms with Gasteiger partial charge in [0.05, 0.1) is 23.9 Å². The number of nitrogens with one attached hydrogen (secondary N) is 1. The average Bonchev–Trinajstić information content (AvgIpc) is 3.53. The van der Waals surface area contributed by atoms with Crippen molar-refractivity contribution in [3.63, 3.8) is 0 Å². The van der Waals surface area contributed by atoms with E-state index in [1.807, 2.05) is 32.0 Å². The number of ether oxygens (including phenoxy) is 1. The maximum Gasteiger partial charge on any atom is 0.286 e. The van der Waals surface area contributed by atoms with E-state index in [2.05, 4.69) is 28.1 Å². The summed E-state index contributed by atoms with van der Waals surface area (Å²) in [4.78, 5) is 16.8. The first-order valence-corrected chi connectivity index (χ1v) is 13.1. The van der Waals surface area contributed by atoms with Crippen molar-refractivity contribution in [1.82, 2.24) is 14.9 Å². The molecule has 1 amide bonds. The van der Waals surface area contributed by atoms with Crippen LogP contribution in [0.15, 0.2) is 59.2 Å². The summed E-state index contributed by atoms with van der Waals surface area (Å²) in [5.74, 6) is 2.20. The van der Waals surface area contributed by atoms with Crippen molar-refractivity contribution in [2.45, 2.75) is 58.9 Å². The van der Waals surface area contributed by atoms with Crippen molar-refractivity contribution in [2.75, 3.05) is 13.2 Å². The lowest BCUT2D eigenvalue weighted by atomic mass is 10.1. The molecule has 0 unspecified atom stereocenters. The molecule has 4 rings (SSSR count). The van der Waals surface area contributed by atoms with Gasteiger partial charge in [-0.1, -0.05) is 30.2 Å². The predicted octanol–water partition coefficient (Wildman–Crippen LogP) is 6.90. The number of carbonyl (C=O) groups is 1. The van der Waals surface area contributed by atoms with Crippen molar-refractivity contribution in [1.29, 1.82) is 0 Å². The molecule has 36 heavy (non-hydrogen) atoms. The Balaban J connectivity index is 1.23. The van der Waals surface area contributed by atoms with Crippen LogP contribution < -0.4 is 10.1 Å². The standard InChI is InChI=1S/C29H34ClN3O3/c1-21-19-23(20-22(2)28(21)30)35-17-9-8-16-33-25-12-6-5-11-24(25)32-27(33)14-4-3-7-15-31-29(34)26-13-10-18-36-26/h5-6,10-13,18-20H,3-4,7-9,14-17H2,1-2H3,(H,31,34). The van der Waals surface area contributed by atoms with Gasteiger partial charge in [-0.2, -0.15) is 0 Å². The van der Waals surface area contributed by atoms with E-state index in [4.69, 9.17) is 25.7 Å². The van der Waals surface area contributed by atoms with Crippen LogP contribution in [0.1, 0.15) is 59.6 Å². The molecule has 7 heteroatoms. The third-order valence-electron chi connectivity index (χ3n) is 6.30. The largest absolute Gasteiger partial charge is 0.494 e. The monoisotopic (exact) mass is 507 g/mol. The van der Waals surface area contributed by atoms with Gasteiger partial charge in [-0.3, -0.25) is 4.79 Å². The lowest BCUT2D eigenvalue weighted by molar-refractivity contribution is 0.0925. The molecule has 0 aliphatic carbocycles. The fourth-order valence-electron chi connectivity index (χ4n) is 4.40. The molecule has 2 aromatic heterocycles. The first-order chi connectivity index (χ1) is 17.5. The van der Waals surface area contributed by atoms with E-state index in [0.29, 0.717) is 18.9 Å². The van der Waals surface area contributed by atoms with Crippen LogP contribution in [0.3, 0.4) is 0 Å². The number of hydrogen-bond donors (Lipinski definition) is 1. The normalized spacial score (nSPS) is 11.2. The van der Waals surface area contributed by atoms with Crippen molar-refractivity contribution in [2.24, 2.45) is 0 Å². The maximum atomic E-state index is 11.9. The maximum absolute atomic E-state index is 11.9. The van der Waals surface area contributed by atoms with Crippen LogP contribution in [-0.2, 0) is 13.0 Å². The van der Waals surface area contributed by atoms with Gasteiger partial charge in [0.1, 0.15) is 11.6 Å². The van der Waals surface area contributed by atoms with Crippen molar-refractivity contribution >= 4 is 28.5 Å². The number of fused-ring (bicyclic) bond motifs is 1. The molecule has 2 aromatic carbocycles. The first kappa shape index (κ1) is 25.8. The van der Waals surface area contributed by atoms with E-state index in [1.165, 1.54) is 11.8 Å². The number of aromatic nitrogens is 2. The summed E-state index contributed by atoms with van der Waals surface area (Å²) in [7, 11) is 0. The zero-order valence-electron chi connectivity index (χ0n) is 21.1. The molecule has 0 bridgehead atoms. The molecule has 0 saturated carbocycles. The minimum absolute atomic E-state index is 0.160. The molecule has 1 N–H and O–H groups in total. The number of benzene rings is 2. The first-order valence-electron chi connectivity index (χ1n) is 12.7. The highest BCUT2D eigenvalue weighted by Crippen LogP contribution is 2.26. The number of para-hydroxylation sites is 2. The molecule has 4 aromatic rings. The highest BCUT2D eigenvalue weighted by atomic mass is 35.5. The summed E-state index contributed by atoms with van der Waals surface area (Å²) in [5, 5.41) is 3.71. The minimum Gasteiger partial charge on any atom is -0.494 e. The van der Waals surface area contributed by atoms with E-state index < -0.39 is 0 Å². The van der Waals surface area contributed by atoms with E-state index in [9.17, 15) is 4.79 Å². The van der Waals surface area contributed by atoms with Crippen LogP contribution >= 0.6 is 11.6 Å². The number of amides is 1. The van der Waals surface area contributed by atoms with Gasteiger partial charge in [0.2, 0.25) is 0 Å². The smallest absolute Gasteiger partial charge is 0.286 e. The zero-order chi connectivity index (χ0) is 25.3. The summed E-state index contributed by atoms with van der Waals surface area (Å²) >= 11 is 6.26. The van der Waals surface area contributed by atoms with Crippen LogP contribution in [0.25, 0.3) is 11.0 Å². The van der Waals surface area contributed by atoms with E-state index in [-0.39, 0.29) is 5.91 Å². The highest BCUT2D eigenvalue weighted by molar-refractivity contribution is 6.32. The molecule has 0 aliphatic rings. The molecular formula is C29H34ClN3O3. The summed E-state index contributed by atoms with van der Waals surface area (Å²) in [6.45, 7) is 6.24. The number of nitrogens with zero attached hydrogens (tertiary/aromatic N) is 2. The molecule has 0 fully saturated rings. The molecule has 6 nitrogen and oxygen atoms in total. The van der Waals surface area contributed by atoms with Crippen molar-refractivity contribution in [3.8, 4) is 5.75 Å². The van der Waals surface area contributed by atoms with Gasteiger partial charge in [-0.05, 0) is 87.1 Å². The predicted molar refractivity (Wildman–Crippen MR) is 144 cm³/mol. The van der Waals surface area contributed by atoms with Gasteiger partial charge in [-0.25, -0.2) is 4.98 Å². The average molecular weight is 508 g/mol. The number of imidazole rings is 1. The second-order valence-corrected chi connectivity index (χ2v) is 9.52. The second-order valence-electron chi connectivity index (χ2n) is 9.14. The number of furan rings is 1. The van der Waals surface area contributed by atoms with Crippen LogP contribution in [0.4, 0.5) is 0 Å². The Hall–Kier alpha value is -3.25. The summed E-state index contributed by atoms with van der Waals surface area (Å²) in [6, 6.07) is 15.7. The van der Waals surface area contributed by atoms with Crippen LogP contribution in [0.5, 0.6) is 5.75 Å². The molecule has 0 radical (unpaired) electrons. The second kappa shape index (κ2) is 12.6. The Bertz CT molecular complexity index is 1260. The molecule has 0 atom stereocenters. The molecule has 0 saturated heterocycles. The Kier molecular flexibility index (Phi) is 9.06. The number of halogens is 1. The number of hydrogen-bond acceptors (Lipinski definition) is 4. The summed E-state index contributed by atoms with van der Waals surface area (Å²) in [6.07, 6.45) is 7.37. The third kappa shape index (κ3) is 6.70. The van der Waals surface area contributed by atoms with Gasteiger partial charge >= 0.3 is 0 Å². The fraction of sp³-hybridized carbons (Fsp3) is 0.379. The van der Waals surface area contributed by atoms with Crippen molar-refractivity contribution < 1.29 is 13.9 Å². The molecule has 2 heterocycles. The molecule has 190 valence electrons. The van der Waals surface area contributed by atoms with Crippen LogP contribution in [-0.4, -0.2) is 28.6 Å². The van der Waals surface area contributed by atoms with E-state index in [1.54, 1.807) is 12.1 Å². The lowest BCUT2D eigenvalue weighted by Gasteiger charge is -2.12. The Labute approximate surface area is 217 Å². The quantitative estimate of drug-likeness (QED) is 0.200. The minimum atomic E-state index is -0.160. The van der Waals surface area contributed by atoms with Gasteiger partial charge in [0.25, 0.3) is 5.91 Å². The Morgan fingerprint density at radius 2 is 1.83 bits per heavy atom. The Morgan fingerprint density at radius 1 is 1.03 bits per heavy atom. The number of aryl methyl sites for hydroxylation is 4. The van der Waals surface area contributed by atoms with E-state index >= 15 is 0 Å². The zero-order valence-corrected chi connectivity index (χ0v) is 21.8. The molecular weight excluding hydrogens is 474 g/mol. The number of rotatable bonds is 13. The molecule has 0 spiro atoms. The van der Waals surface area contributed by atoms with Gasteiger partial charge in [0.15, 0.2) is 5.76 Å². The SMILES string of the molecule is Cc1cc(OCCCCn2c(CCCCCNC(=O)c3ccco3)nc3ccccc32)cc(C)c1Cl.